The molecule has 1 aromatic carbocycles. The second-order valence-corrected chi connectivity index (χ2v) is 5.71. The summed E-state index contributed by atoms with van der Waals surface area (Å²) in [5.74, 6) is 0.0423. The van der Waals surface area contributed by atoms with Crippen LogP contribution in [0.2, 0.25) is 0 Å². The lowest BCUT2D eigenvalue weighted by Crippen LogP contribution is -2.29. The maximum atomic E-state index is 11.8. The Morgan fingerprint density at radius 1 is 1.22 bits per heavy atom. The van der Waals surface area contributed by atoms with Crippen molar-refractivity contribution in [2.45, 2.75) is 52.6 Å². The van der Waals surface area contributed by atoms with Gasteiger partial charge in [-0.1, -0.05) is 31.9 Å². The Labute approximate surface area is 138 Å². The molecule has 0 saturated carbocycles. The third-order valence-corrected chi connectivity index (χ3v) is 3.09. The molecule has 0 heterocycles. The van der Waals surface area contributed by atoms with Crippen molar-refractivity contribution in [2.24, 2.45) is 0 Å². The SMILES string of the molecule is CCCCCNC(=O)COC(=O)Cc1cccc(OC(C)C)c1. The minimum Gasteiger partial charge on any atom is -0.491 e. The first-order chi connectivity index (χ1) is 11.0. The van der Waals surface area contributed by atoms with Gasteiger partial charge < -0.3 is 14.8 Å². The van der Waals surface area contributed by atoms with Gasteiger partial charge in [0.2, 0.25) is 0 Å². The number of rotatable bonds is 10. The van der Waals surface area contributed by atoms with E-state index in [0.29, 0.717) is 6.54 Å². The molecule has 0 fully saturated rings. The van der Waals surface area contributed by atoms with E-state index in [9.17, 15) is 9.59 Å². The van der Waals surface area contributed by atoms with Crippen LogP contribution in [0.5, 0.6) is 5.75 Å². The maximum Gasteiger partial charge on any atom is 0.310 e. The van der Waals surface area contributed by atoms with Crippen LogP contribution in [0.4, 0.5) is 0 Å². The Hall–Kier alpha value is -2.04. The van der Waals surface area contributed by atoms with Gasteiger partial charge in [0.15, 0.2) is 6.61 Å². The van der Waals surface area contributed by atoms with E-state index in [1.165, 1.54) is 0 Å². The molecule has 128 valence electrons. The molecule has 0 aliphatic carbocycles. The van der Waals surface area contributed by atoms with Crippen LogP contribution in [-0.2, 0) is 20.7 Å². The quantitative estimate of drug-likeness (QED) is 0.531. The van der Waals surface area contributed by atoms with Crippen LogP contribution in [0.1, 0.15) is 45.6 Å². The van der Waals surface area contributed by atoms with Crippen molar-refractivity contribution in [3.8, 4) is 5.75 Å². The Morgan fingerprint density at radius 2 is 2.00 bits per heavy atom. The summed E-state index contributed by atoms with van der Waals surface area (Å²) in [6.45, 7) is 6.39. The smallest absolute Gasteiger partial charge is 0.310 e. The van der Waals surface area contributed by atoms with Crippen molar-refractivity contribution in [1.29, 1.82) is 0 Å². The van der Waals surface area contributed by atoms with Gasteiger partial charge in [0.1, 0.15) is 5.75 Å². The Morgan fingerprint density at radius 3 is 2.70 bits per heavy atom. The molecule has 1 N–H and O–H groups in total. The standard InChI is InChI=1S/C18H27NO4/c1-4-5-6-10-19-17(20)13-22-18(21)12-15-8-7-9-16(11-15)23-14(2)3/h7-9,11,14H,4-6,10,12-13H2,1-3H3,(H,19,20). The van der Waals surface area contributed by atoms with Crippen molar-refractivity contribution < 1.29 is 19.1 Å². The highest BCUT2D eigenvalue weighted by Gasteiger charge is 2.09. The van der Waals surface area contributed by atoms with E-state index in [4.69, 9.17) is 9.47 Å². The Balaban J connectivity index is 2.32. The zero-order valence-corrected chi connectivity index (χ0v) is 14.3. The number of unbranched alkanes of at least 4 members (excludes halogenated alkanes) is 2. The third kappa shape index (κ3) is 8.86. The monoisotopic (exact) mass is 321 g/mol. The molecular weight excluding hydrogens is 294 g/mol. The minimum absolute atomic E-state index is 0.0774. The Kier molecular flexibility index (Phi) is 8.80. The molecule has 0 atom stereocenters. The summed E-state index contributed by atoms with van der Waals surface area (Å²) < 4.78 is 10.6. The van der Waals surface area contributed by atoms with Gasteiger partial charge in [-0.15, -0.1) is 0 Å². The molecular formula is C18H27NO4. The van der Waals surface area contributed by atoms with Gasteiger partial charge in [-0.25, -0.2) is 0 Å². The summed E-state index contributed by atoms with van der Waals surface area (Å²) in [6.07, 6.45) is 3.32. The molecule has 1 aromatic rings. The molecule has 0 unspecified atom stereocenters. The summed E-state index contributed by atoms with van der Waals surface area (Å²) in [6, 6.07) is 7.32. The number of amides is 1. The third-order valence-electron chi connectivity index (χ3n) is 3.09. The number of esters is 1. The molecule has 1 amide bonds. The molecule has 0 saturated heterocycles. The van der Waals surface area contributed by atoms with Gasteiger partial charge >= 0.3 is 5.97 Å². The molecule has 0 bridgehead atoms. The summed E-state index contributed by atoms with van der Waals surface area (Å²) in [7, 11) is 0. The van der Waals surface area contributed by atoms with E-state index in [1.54, 1.807) is 0 Å². The van der Waals surface area contributed by atoms with Crippen LogP contribution in [0.25, 0.3) is 0 Å². The zero-order chi connectivity index (χ0) is 17.1. The number of carbonyl (C=O) groups is 2. The molecule has 1 rings (SSSR count). The van der Waals surface area contributed by atoms with E-state index >= 15 is 0 Å². The lowest BCUT2D eigenvalue weighted by atomic mass is 10.1. The normalized spacial score (nSPS) is 10.4. The number of benzene rings is 1. The molecule has 0 aliphatic heterocycles. The second kappa shape index (κ2) is 10.6. The van der Waals surface area contributed by atoms with Gasteiger partial charge in [0.25, 0.3) is 5.91 Å². The number of nitrogens with one attached hydrogen (secondary N) is 1. The molecule has 0 spiro atoms. The highest BCUT2D eigenvalue weighted by molar-refractivity contribution is 5.81. The van der Waals surface area contributed by atoms with E-state index in [1.807, 2.05) is 38.1 Å². The molecule has 5 heteroatoms. The summed E-state index contributed by atoms with van der Waals surface area (Å²) in [5.41, 5.74) is 0.802. The largest absolute Gasteiger partial charge is 0.491 e. The number of hydrogen-bond donors (Lipinski definition) is 1. The zero-order valence-electron chi connectivity index (χ0n) is 14.3. The van der Waals surface area contributed by atoms with Crippen LogP contribution >= 0.6 is 0 Å². The molecule has 0 aliphatic rings. The first kappa shape index (κ1) is 19.0. The van der Waals surface area contributed by atoms with E-state index in [2.05, 4.69) is 12.2 Å². The molecule has 23 heavy (non-hydrogen) atoms. The minimum atomic E-state index is -0.421. The highest BCUT2D eigenvalue weighted by atomic mass is 16.5. The van der Waals surface area contributed by atoms with Gasteiger partial charge in [0, 0.05) is 6.54 Å². The molecule has 0 aromatic heterocycles. The van der Waals surface area contributed by atoms with Crippen LogP contribution in [0.15, 0.2) is 24.3 Å². The summed E-state index contributed by atoms with van der Waals surface area (Å²) >= 11 is 0. The maximum absolute atomic E-state index is 11.8. The first-order valence-corrected chi connectivity index (χ1v) is 8.19. The van der Waals surface area contributed by atoms with Gasteiger partial charge in [-0.3, -0.25) is 9.59 Å². The van der Waals surface area contributed by atoms with Crippen molar-refractivity contribution in [3.63, 3.8) is 0 Å². The van der Waals surface area contributed by atoms with Crippen molar-refractivity contribution in [3.05, 3.63) is 29.8 Å². The van der Waals surface area contributed by atoms with E-state index < -0.39 is 5.97 Å². The van der Waals surface area contributed by atoms with Crippen LogP contribution in [-0.4, -0.2) is 31.1 Å². The van der Waals surface area contributed by atoms with E-state index in [0.717, 1.165) is 30.6 Å². The lowest BCUT2D eigenvalue weighted by Gasteiger charge is -2.11. The number of hydrogen-bond acceptors (Lipinski definition) is 4. The average Bonchev–Trinajstić information content (AvgIpc) is 2.49. The lowest BCUT2D eigenvalue weighted by molar-refractivity contribution is -0.147. The second-order valence-electron chi connectivity index (χ2n) is 5.71. The molecule has 0 radical (unpaired) electrons. The molecule has 5 nitrogen and oxygen atoms in total. The number of ether oxygens (including phenoxy) is 2. The predicted octanol–water partition coefficient (Wildman–Crippen LogP) is 2.87. The Bertz CT molecular complexity index is 500. The van der Waals surface area contributed by atoms with Crippen LogP contribution < -0.4 is 10.1 Å². The van der Waals surface area contributed by atoms with Crippen molar-refractivity contribution in [2.75, 3.05) is 13.2 Å². The van der Waals surface area contributed by atoms with E-state index in [-0.39, 0.29) is 25.0 Å². The van der Waals surface area contributed by atoms with Gasteiger partial charge in [-0.2, -0.15) is 0 Å². The highest BCUT2D eigenvalue weighted by Crippen LogP contribution is 2.15. The summed E-state index contributed by atoms with van der Waals surface area (Å²) in [4.78, 5) is 23.3. The first-order valence-electron chi connectivity index (χ1n) is 8.19. The predicted molar refractivity (Wildman–Crippen MR) is 89.4 cm³/mol. The van der Waals surface area contributed by atoms with Crippen molar-refractivity contribution >= 4 is 11.9 Å². The fourth-order valence-electron chi connectivity index (χ4n) is 2.02. The van der Waals surface area contributed by atoms with Crippen LogP contribution in [0, 0.1) is 0 Å². The topological polar surface area (TPSA) is 64.6 Å². The van der Waals surface area contributed by atoms with Gasteiger partial charge in [0.05, 0.1) is 12.5 Å². The fourth-order valence-corrected chi connectivity index (χ4v) is 2.02. The van der Waals surface area contributed by atoms with Gasteiger partial charge in [-0.05, 0) is 38.0 Å². The number of carbonyl (C=O) groups excluding carboxylic acids is 2. The average molecular weight is 321 g/mol. The van der Waals surface area contributed by atoms with Crippen molar-refractivity contribution in [1.82, 2.24) is 5.32 Å². The summed E-state index contributed by atoms with van der Waals surface area (Å²) in [5, 5.41) is 2.73. The van der Waals surface area contributed by atoms with Crippen LogP contribution in [0.3, 0.4) is 0 Å². The fraction of sp³-hybridized carbons (Fsp3) is 0.556.